The largest absolute Gasteiger partial charge is 0.410 e. The van der Waals surface area contributed by atoms with Crippen molar-refractivity contribution in [2.75, 3.05) is 5.75 Å². The lowest BCUT2D eigenvalue weighted by Gasteiger charge is -2.38. The van der Waals surface area contributed by atoms with Gasteiger partial charge in [-0.05, 0) is 51.0 Å². The first-order chi connectivity index (χ1) is 11.2. The van der Waals surface area contributed by atoms with Gasteiger partial charge in [-0.3, -0.25) is 4.21 Å². The summed E-state index contributed by atoms with van der Waals surface area (Å²) in [6.45, 7) is 16.4. The van der Waals surface area contributed by atoms with E-state index in [9.17, 15) is 9.32 Å². The van der Waals surface area contributed by atoms with Crippen LogP contribution >= 0.6 is 0 Å². The second kappa shape index (κ2) is 8.29. The van der Waals surface area contributed by atoms with Gasteiger partial charge in [0.2, 0.25) is 0 Å². The summed E-state index contributed by atoms with van der Waals surface area (Å²) in [4.78, 5) is 0.811. The van der Waals surface area contributed by atoms with E-state index in [2.05, 4.69) is 33.9 Å². The van der Waals surface area contributed by atoms with Gasteiger partial charge in [0.15, 0.2) is 8.32 Å². The number of aliphatic hydroxyl groups is 1. The highest BCUT2D eigenvalue weighted by atomic mass is 32.2. The van der Waals surface area contributed by atoms with Crippen molar-refractivity contribution in [2.24, 2.45) is 0 Å². The Kier molecular flexibility index (Phi) is 7.39. The van der Waals surface area contributed by atoms with E-state index in [1.54, 1.807) is 19.9 Å². The van der Waals surface area contributed by atoms with Gasteiger partial charge in [-0.15, -0.1) is 0 Å². The molecule has 25 heavy (non-hydrogen) atoms. The molecule has 1 unspecified atom stereocenters. The summed E-state index contributed by atoms with van der Waals surface area (Å²) in [7, 11) is -3.16. The molecule has 0 bridgehead atoms. The van der Waals surface area contributed by atoms with E-state index in [4.69, 9.17) is 4.43 Å². The first kappa shape index (κ1) is 22.3. The molecular weight excluding hydrogens is 348 g/mol. The molecule has 0 aliphatic carbocycles. The molecule has 2 atom stereocenters. The van der Waals surface area contributed by atoms with Gasteiger partial charge in [-0.25, -0.2) is 0 Å². The smallest absolute Gasteiger partial charge is 0.192 e. The fourth-order valence-corrected chi connectivity index (χ4v) is 4.47. The third kappa shape index (κ3) is 7.56. The molecule has 1 N–H and O–H groups in total. The maximum Gasteiger partial charge on any atom is 0.192 e. The van der Waals surface area contributed by atoms with E-state index in [1.807, 2.05) is 37.3 Å². The standard InChI is InChI=1S/C20H34O3SSi/c1-16-9-11-18(12-10-16)24(22)15-17(13-14-20(5,6)21)23-25(7,8)19(2,3)4/h9-14,17,21H,15H2,1-8H3/b14-13+/t17-,24?/m0/s1. The quantitative estimate of drug-likeness (QED) is 0.543. The molecule has 0 fully saturated rings. The molecule has 0 aliphatic rings. The average Bonchev–Trinajstić information content (AvgIpc) is 2.43. The van der Waals surface area contributed by atoms with Crippen LogP contribution in [0.25, 0.3) is 0 Å². The number of rotatable bonds is 7. The van der Waals surface area contributed by atoms with E-state index in [0.717, 1.165) is 10.5 Å². The molecule has 142 valence electrons. The Morgan fingerprint density at radius 1 is 1.16 bits per heavy atom. The molecule has 1 aromatic carbocycles. The fraction of sp³-hybridized carbons (Fsp3) is 0.600. The summed E-state index contributed by atoms with van der Waals surface area (Å²) in [5.74, 6) is 0.391. The topological polar surface area (TPSA) is 46.5 Å². The molecule has 1 aromatic rings. The lowest BCUT2D eigenvalue weighted by Crippen LogP contribution is -2.44. The van der Waals surface area contributed by atoms with E-state index in [0.29, 0.717) is 5.75 Å². The van der Waals surface area contributed by atoms with Crippen LogP contribution in [0.1, 0.15) is 40.2 Å². The van der Waals surface area contributed by atoms with E-state index in [-0.39, 0.29) is 11.1 Å². The van der Waals surface area contributed by atoms with Gasteiger partial charge in [0.1, 0.15) is 0 Å². The zero-order chi connectivity index (χ0) is 19.5. The first-order valence-corrected chi connectivity index (χ1v) is 13.0. The van der Waals surface area contributed by atoms with Crippen LogP contribution in [0.3, 0.4) is 0 Å². The van der Waals surface area contributed by atoms with Crippen molar-refractivity contribution in [3.05, 3.63) is 42.0 Å². The van der Waals surface area contributed by atoms with Gasteiger partial charge >= 0.3 is 0 Å². The third-order valence-corrected chi connectivity index (χ3v) is 10.5. The molecule has 0 aromatic heterocycles. The summed E-state index contributed by atoms with van der Waals surface area (Å²) < 4.78 is 19.2. The van der Waals surface area contributed by atoms with Crippen molar-refractivity contribution in [3.8, 4) is 0 Å². The summed E-state index contributed by atoms with van der Waals surface area (Å²) in [6, 6.07) is 7.77. The molecule has 0 saturated carbocycles. The maximum atomic E-state index is 12.8. The fourth-order valence-electron chi connectivity index (χ4n) is 1.96. The Morgan fingerprint density at radius 3 is 2.12 bits per heavy atom. The predicted molar refractivity (Wildman–Crippen MR) is 110 cm³/mol. The number of hydrogen-bond acceptors (Lipinski definition) is 3. The van der Waals surface area contributed by atoms with Crippen molar-refractivity contribution in [1.29, 1.82) is 0 Å². The summed E-state index contributed by atoms with van der Waals surface area (Å²) in [5.41, 5.74) is 0.233. The molecule has 5 heteroatoms. The summed E-state index contributed by atoms with van der Waals surface area (Å²) in [5, 5.41) is 10.1. The highest BCUT2D eigenvalue weighted by Crippen LogP contribution is 2.37. The van der Waals surface area contributed by atoms with Gasteiger partial charge in [0.05, 0.1) is 28.3 Å². The minimum atomic E-state index is -2.01. The van der Waals surface area contributed by atoms with Crippen LogP contribution in [0.15, 0.2) is 41.3 Å². The number of benzene rings is 1. The zero-order valence-corrected chi connectivity index (χ0v) is 18.7. The molecule has 0 spiro atoms. The van der Waals surface area contributed by atoms with Crippen molar-refractivity contribution < 1.29 is 13.7 Å². The second-order valence-corrected chi connectivity index (χ2v) is 15.0. The van der Waals surface area contributed by atoms with Gasteiger partial charge in [-0.1, -0.05) is 50.6 Å². The minimum Gasteiger partial charge on any atom is -0.410 e. The van der Waals surface area contributed by atoms with Gasteiger partial charge in [0, 0.05) is 4.90 Å². The number of aryl methyl sites for hydroxylation is 1. The van der Waals surface area contributed by atoms with Crippen LogP contribution in [0.5, 0.6) is 0 Å². The SMILES string of the molecule is Cc1ccc(S(=O)C[C@H](/C=C/C(C)(C)O)O[Si](C)(C)C(C)(C)C)cc1. The monoisotopic (exact) mass is 382 g/mol. The average molecular weight is 383 g/mol. The van der Waals surface area contributed by atoms with Crippen LogP contribution in [0, 0.1) is 6.92 Å². The Balaban J connectivity index is 3.00. The zero-order valence-electron chi connectivity index (χ0n) is 16.9. The Hall–Kier alpha value is -0.753. The van der Waals surface area contributed by atoms with Crippen molar-refractivity contribution in [3.63, 3.8) is 0 Å². The number of hydrogen-bond donors (Lipinski definition) is 1. The van der Waals surface area contributed by atoms with Crippen LogP contribution in [0.2, 0.25) is 18.1 Å². The lowest BCUT2D eigenvalue weighted by atomic mass is 10.1. The Labute approximate surface area is 157 Å². The molecular formula is C20H34O3SSi. The molecule has 1 rings (SSSR count). The van der Waals surface area contributed by atoms with Gasteiger partial charge in [0.25, 0.3) is 0 Å². The van der Waals surface area contributed by atoms with Crippen LogP contribution in [0.4, 0.5) is 0 Å². The molecule has 0 amide bonds. The first-order valence-electron chi connectivity index (χ1n) is 8.76. The van der Waals surface area contributed by atoms with Gasteiger partial charge in [-0.2, -0.15) is 0 Å². The Bertz CT molecular complexity index is 607. The van der Waals surface area contributed by atoms with Crippen molar-refractivity contribution >= 4 is 19.1 Å². The molecule has 0 radical (unpaired) electrons. The van der Waals surface area contributed by atoms with Crippen LogP contribution in [-0.2, 0) is 15.2 Å². The highest BCUT2D eigenvalue weighted by Gasteiger charge is 2.39. The normalized spacial score (nSPS) is 16.2. The second-order valence-electron chi connectivity index (χ2n) is 8.75. The summed E-state index contributed by atoms with van der Waals surface area (Å²) >= 11 is 0. The van der Waals surface area contributed by atoms with E-state index < -0.39 is 24.7 Å². The van der Waals surface area contributed by atoms with Crippen molar-refractivity contribution in [2.45, 2.75) is 76.3 Å². The lowest BCUT2D eigenvalue weighted by molar-refractivity contribution is 0.131. The van der Waals surface area contributed by atoms with E-state index >= 15 is 0 Å². The third-order valence-electron chi connectivity index (χ3n) is 4.57. The highest BCUT2D eigenvalue weighted by molar-refractivity contribution is 7.85. The molecule has 0 saturated heterocycles. The van der Waals surface area contributed by atoms with E-state index in [1.165, 1.54) is 0 Å². The molecule has 0 heterocycles. The van der Waals surface area contributed by atoms with Crippen LogP contribution in [-0.4, -0.2) is 35.1 Å². The maximum absolute atomic E-state index is 12.8. The van der Waals surface area contributed by atoms with Crippen molar-refractivity contribution in [1.82, 2.24) is 0 Å². The molecule has 3 nitrogen and oxygen atoms in total. The minimum absolute atomic E-state index is 0.0686. The Morgan fingerprint density at radius 2 is 1.68 bits per heavy atom. The molecule has 0 aliphatic heterocycles. The predicted octanol–water partition coefficient (Wildman–Crippen LogP) is 4.82. The van der Waals surface area contributed by atoms with Crippen LogP contribution < -0.4 is 0 Å². The summed E-state index contributed by atoms with van der Waals surface area (Å²) in [6.07, 6.45) is 3.32. The van der Waals surface area contributed by atoms with Gasteiger partial charge < -0.3 is 9.53 Å².